The van der Waals surface area contributed by atoms with E-state index in [2.05, 4.69) is 25.8 Å². The second-order valence-corrected chi connectivity index (χ2v) is 9.11. The molecule has 2 aromatic rings. The molecule has 34 heavy (non-hydrogen) atoms. The zero-order chi connectivity index (χ0) is 25.2. The standard InChI is InChI=1S/C25H30BrN3O5/c1-6-28(7-2)11-12-29-21(16-9-8-10-17(26)13-16)19(23(31)24(29)32)22(30)18-14(3)20(25(33)34-5)27-15(18)4/h8-10,13,21,27,30H,6-7,11-12H2,1-5H3/t21-/m1/s1. The Morgan fingerprint density at radius 3 is 2.50 bits per heavy atom. The minimum Gasteiger partial charge on any atom is -0.507 e. The predicted molar refractivity (Wildman–Crippen MR) is 133 cm³/mol. The van der Waals surface area contributed by atoms with Crippen molar-refractivity contribution in [3.05, 3.63) is 62.4 Å². The van der Waals surface area contributed by atoms with Crippen LogP contribution in [0.5, 0.6) is 0 Å². The van der Waals surface area contributed by atoms with Crippen LogP contribution in [0, 0.1) is 13.8 Å². The van der Waals surface area contributed by atoms with E-state index < -0.39 is 23.7 Å². The number of likely N-dealkylation sites (tertiary alicyclic amines) is 1. The van der Waals surface area contributed by atoms with Crippen molar-refractivity contribution < 1.29 is 24.2 Å². The van der Waals surface area contributed by atoms with Gasteiger partial charge in [0, 0.05) is 28.8 Å². The van der Waals surface area contributed by atoms with Gasteiger partial charge in [-0.2, -0.15) is 0 Å². The average Bonchev–Trinajstić information content (AvgIpc) is 3.26. The van der Waals surface area contributed by atoms with Crippen LogP contribution in [0.1, 0.15) is 52.8 Å². The molecule has 0 unspecified atom stereocenters. The van der Waals surface area contributed by atoms with Gasteiger partial charge in [-0.25, -0.2) is 4.79 Å². The zero-order valence-electron chi connectivity index (χ0n) is 20.1. The highest BCUT2D eigenvalue weighted by Gasteiger charge is 2.46. The van der Waals surface area contributed by atoms with Gasteiger partial charge in [-0.3, -0.25) is 9.59 Å². The molecular weight excluding hydrogens is 502 g/mol. The van der Waals surface area contributed by atoms with Crippen LogP contribution in [-0.2, 0) is 14.3 Å². The van der Waals surface area contributed by atoms with Crippen LogP contribution in [0.15, 0.2) is 34.3 Å². The summed E-state index contributed by atoms with van der Waals surface area (Å²) in [6.45, 7) is 10.0. The summed E-state index contributed by atoms with van der Waals surface area (Å²) < 4.78 is 5.61. The van der Waals surface area contributed by atoms with E-state index in [9.17, 15) is 19.5 Å². The summed E-state index contributed by atoms with van der Waals surface area (Å²) >= 11 is 3.46. The number of aryl methyl sites for hydroxylation is 1. The summed E-state index contributed by atoms with van der Waals surface area (Å²) in [7, 11) is 1.27. The number of nitrogens with zero attached hydrogens (tertiary/aromatic N) is 2. The van der Waals surface area contributed by atoms with Crippen LogP contribution in [0.2, 0.25) is 0 Å². The molecule has 1 aromatic heterocycles. The fourth-order valence-electron chi connectivity index (χ4n) is 4.47. The smallest absolute Gasteiger partial charge is 0.354 e. The Morgan fingerprint density at radius 1 is 1.24 bits per heavy atom. The summed E-state index contributed by atoms with van der Waals surface area (Å²) in [5.74, 6) is -2.29. The molecule has 1 aromatic carbocycles. The monoisotopic (exact) mass is 531 g/mol. The van der Waals surface area contributed by atoms with Crippen molar-refractivity contribution >= 4 is 39.3 Å². The van der Waals surface area contributed by atoms with Crippen molar-refractivity contribution in [1.82, 2.24) is 14.8 Å². The van der Waals surface area contributed by atoms with E-state index >= 15 is 0 Å². The van der Waals surface area contributed by atoms with Crippen molar-refractivity contribution in [2.24, 2.45) is 0 Å². The van der Waals surface area contributed by atoms with E-state index in [0.717, 1.165) is 17.6 Å². The quantitative estimate of drug-likeness (QED) is 0.231. The molecule has 0 radical (unpaired) electrons. The number of hydrogen-bond donors (Lipinski definition) is 2. The lowest BCUT2D eigenvalue weighted by atomic mass is 9.94. The summed E-state index contributed by atoms with van der Waals surface area (Å²) in [5, 5.41) is 11.4. The SMILES string of the molecule is CCN(CC)CCN1C(=O)C(=O)C(=C(O)c2c(C)[nH]c(C(=O)OC)c2C)[C@H]1c1cccc(Br)c1. The van der Waals surface area contributed by atoms with Gasteiger partial charge < -0.3 is 24.6 Å². The van der Waals surface area contributed by atoms with E-state index in [1.54, 1.807) is 13.8 Å². The number of aromatic amines is 1. The topological polar surface area (TPSA) is 103 Å². The molecule has 1 saturated heterocycles. The Hall–Kier alpha value is -2.91. The summed E-state index contributed by atoms with van der Waals surface area (Å²) in [6, 6.07) is 6.59. The number of esters is 1. The Kier molecular flexibility index (Phi) is 7.99. The highest BCUT2D eigenvalue weighted by atomic mass is 79.9. The number of benzene rings is 1. The molecule has 0 saturated carbocycles. The largest absolute Gasteiger partial charge is 0.507 e. The maximum Gasteiger partial charge on any atom is 0.354 e. The van der Waals surface area contributed by atoms with E-state index in [1.165, 1.54) is 12.0 Å². The number of rotatable bonds is 8. The summed E-state index contributed by atoms with van der Waals surface area (Å²) in [6.07, 6.45) is 0. The van der Waals surface area contributed by atoms with Crippen LogP contribution in [0.3, 0.4) is 0 Å². The third-order valence-corrected chi connectivity index (χ3v) is 6.81. The van der Waals surface area contributed by atoms with Gasteiger partial charge in [0.1, 0.15) is 11.5 Å². The van der Waals surface area contributed by atoms with Gasteiger partial charge in [0.2, 0.25) is 0 Å². The minimum atomic E-state index is -0.761. The number of aliphatic hydroxyl groups excluding tert-OH is 1. The van der Waals surface area contributed by atoms with E-state index in [0.29, 0.717) is 35.5 Å². The molecule has 2 heterocycles. The van der Waals surface area contributed by atoms with E-state index in [4.69, 9.17) is 4.74 Å². The molecular formula is C25H30BrN3O5. The number of ether oxygens (including phenoxy) is 1. The second kappa shape index (κ2) is 10.6. The van der Waals surface area contributed by atoms with Gasteiger partial charge in [-0.1, -0.05) is 41.9 Å². The first kappa shape index (κ1) is 25.7. The van der Waals surface area contributed by atoms with Crippen molar-refractivity contribution in [3.8, 4) is 0 Å². The number of likely N-dealkylation sites (N-methyl/N-ethyl adjacent to an activating group) is 1. The maximum atomic E-state index is 13.3. The summed E-state index contributed by atoms with van der Waals surface area (Å²) in [4.78, 5) is 45.2. The number of aliphatic hydroxyl groups is 1. The molecule has 8 nitrogen and oxygen atoms in total. The molecule has 0 bridgehead atoms. The molecule has 0 spiro atoms. The number of aromatic nitrogens is 1. The fourth-order valence-corrected chi connectivity index (χ4v) is 4.89. The number of H-pyrrole nitrogens is 1. The molecule has 1 atom stereocenters. The number of ketones is 1. The molecule has 1 amide bonds. The van der Waals surface area contributed by atoms with Crippen LogP contribution in [-0.4, -0.2) is 70.8 Å². The predicted octanol–water partition coefficient (Wildman–Crippen LogP) is 3.94. The maximum absolute atomic E-state index is 13.3. The number of methoxy groups -OCH3 is 1. The number of nitrogens with one attached hydrogen (secondary N) is 1. The number of halogens is 1. The van der Waals surface area contributed by atoms with Gasteiger partial charge >= 0.3 is 5.97 Å². The molecule has 3 rings (SSSR count). The Bertz CT molecular complexity index is 1150. The third kappa shape index (κ3) is 4.67. The highest BCUT2D eigenvalue weighted by molar-refractivity contribution is 9.10. The lowest BCUT2D eigenvalue weighted by Crippen LogP contribution is -2.38. The highest BCUT2D eigenvalue weighted by Crippen LogP contribution is 2.41. The lowest BCUT2D eigenvalue weighted by Gasteiger charge is -2.28. The van der Waals surface area contributed by atoms with Crippen molar-refractivity contribution in [1.29, 1.82) is 0 Å². The molecule has 0 aliphatic carbocycles. The van der Waals surface area contributed by atoms with Crippen LogP contribution >= 0.6 is 15.9 Å². The van der Waals surface area contributed by atoms with Gasteiger partial charge in [0.15, 0.2) is 0 Å². The fraction of sp³-hybridized carbons (Fsp3) is 0.400. The Balaban J connectivity index is 2.19. The summed E-state index contributed by atoms with van der Waals surface area (Å²) in [5.41, 5.74) is 2.17. The third-order valence-electron chi connectivity index (χ3n) is 6.32. The molecule has 1 aliphatic rings. The number of Topliss-reactive ketones (excluding diaryl/α,β-unsaturated/α-hetero) is 1. The molecule has 182 valence electrons. The van der Waals surface area contributed by atoms with E-state index in [1.807, 2.05) is 38.1 Å². The second-order valence-electron chi connectivity index (χ2n) is 8.19. The normalized spacial score (nSPS) is 17.6. The van der Waals surface area contributed by atoms with Crippen LogP contribution in [0.4, 0.5) is 0 Å². The first-order chi connectivity index (χ1) is 16.2. The minimum absolute atomic E-state index is 0.00395. The van der Waals surface area contributed by atoms with Crippen LogP contribution < -0.4 is 0 Å². The molecule has 1 fully saturated rings. The van der Waals surface area contributed by atoms with Crippen molar-refractivity contribution in [2.45, 2.75) is 33.7 Å². The lowest BCUT2D eigenvalue weighted by molar-refractivity contribution is -0.140. The Labute approximate surface area is 207 Å². The first-order valence-corrected chi connectivity index (χ1v) is 12.0. The molecule has 1 aliphatic heterocycles. The zero-order valence-corrected chi connectivity index (χ0v) is 21.7. The number of hydrogen-bond acceptors (Lipinski definition) is 6. The van der Waals surface area contributed by atoms with Gasteiger partial charge in [-0.05, 0) is 50.2 Å². The van der Waals surface area contributed by atoms with E-state index in [-0.39, 0.29) is 17.0 Å². The number of amides is 1. The van der Waals surface area contributed by atoms with Crippen molar-refractivity contribution in [3.63, 3.8) is 0 Å². The van der Waals surface area contributed by atoms with Crippen LogP contribution in [0.25, 0.3) is 5.76 Å². The first-order valence-electron chi connectivity index (χ1n) is 11.2. The van der Waals surface area contributed by atoms with Gasteiger partial charge in [0.25, 0.3) is 11.7 Å². The molecule has 2 N–H and O–H groups in total. The Morgan fingerprint density at radius 2 is 1.91 bits per heavy atom. The van der Waals surface area contributed by atoms with Gasteiger partial charge in [-0.15, -0.1) is 0 Å². The van der Waals surface area contributed by atoms with Gasteiger partial charge in [0.05, 0.1) is 18.7 Å². The number of carbonyl (C=O) groups is 3. The number of carbonyl (C=O) groups excluding carboxylic acids is 3. The average molecular weight is 532 g/mol. The van der Waals surface area contributed by atoms with Crippen molar-refractivity contribution in [2.75, 3.05) is 33.3 Å². The molecule has 9 heteroatoms.